The van der Waals surface area contributed by atoms with Gasteiger partial charge in [-0.05, 0) is 18.4 Å². The van der Waals surface area contributed by atoms with Crippen molar-refractivity contribution < 1.29 is 4.79 Å². The lowest BCUT2D eigenvalue weighted by Gasteiger charge is -1.90. The summed E-state index contributed by atoms with van der Waals surface area (Å²) in [5.74, 6) is 0.812. The average Bonchev–Trinajstić information content (AvgIpc) is 1.83. The summed E-state index contributed by atoms with van der Waals surface area (Å²) in [7, 11) is 0. The van der Waals surface area contributed by atoms with Crippen molar-refractivity contribution in [2.75, 3.05) is 12.0 Å². The highest BCUT2D eigenvalue weighted by Crippen LogP contribution is 2.02. The van der Waals surface area contributed by atoms with Crippen LogP contribution in [0.2, 0.25) is 0 Å². The van der Waals surface area contributed by atoms with E-state index in [-0.39, 0.29) is 5.12 Å². The van der Waals surface area contributed by atoms with Crippen molar-refractivity contribution in [1.29, 1.82) is 0 Å². The molecule has 1 nitrogen and oxygen atoms in total. The molecule has 0 radical (unpaired) electrons. The van der Waals surface area contributed by atoms with E-state index in [1.165, 1.54) is 11.8 Å². The third kappa shape index (κ3) is 4.53. The van der Waals surface area contributed by atoms with Crippen LogP contribution in [0.4, 0.5) is 0 Å². The predicted molar refractivity (Wildman–Crippen MR) is 41.6 cm³/mol. The van der Waals surface area contributed by atoms with Crippen LogP contribution < -0.4 is 0 Å². The van der Waals surface area contributed by atoms with Crippen LogP contribution in [-0.2, 0) is 4.79 Å². The molecule has 0 aromatic carbocycles. The van der Waals surface area contributed by atoms with Crippen LogP contribution in [0.25, 0.3) is 0 Å². The summed E-state index contributed by atoms with van der Waals surface area (Å²) in [4.78, 5) is 10.5. The molecule has 0 heterocycles. The number of carbonyl (C=O) groups is 1. The first kappa shape index (κ1) is 8.37. The van der Waals surface area contributed by atoms with Gasteiger partial charge in [0.15, 0.2) is 5.12 Å². The van der Waals surface area contributed by atoms with E-state index < -0.39 is 0 Å². The van der Waals surface area contributed by atoms with E-state index in [0.717, 1.165) is 12.2 Å². The molecule has 0 aliphatic heterocycles. The molecule has 8 heavy (non-hydrogen) atoms. The zero-order valence-corrected chi connectivity index (χ0v) is 6.60. The lowest BCUT2D eigenvalue weighted by atomic mass is 10.4. The van der Waals surface area contributed by atoms with Crippen molar-refractivity contribution in [2.24, 2.45) is 0 Å². The zero-order chi connectivity index (χ0) is 6.41. The topological polar surface area (TPSA) is 17.1 Å². The van der Waals surface area contributed by atoms with E-state index in [9.17, 15) is 4.79 Å². The maximum atomic E-state index is 10.5. The quantitative estimate of drug-likeness (QED) is 0.615. The molecule has 0 aromatic heterocycles. The molecule has 0 aliphatic rings. The van der Waals surface area contributed by atoms with Crippen molar-refractivity contribution in [3.05, 3.63) is 0 Å². The Kier molecular flexibility index (Phi) is 5.76. The Hall–Kier alpha value is 0.370. The number of hydrogen-bond donors (Lipinski definition) is 1. The molecular formula is C5H10OS2. The number of hydrogen-bond acceptors (Lipinski definition) is 3. The summed E-state index contributed by atoms with van der Waals surface area (Å²) >= 11 is 5.26. The third-order valence-electron chi connectivity index (χ3n) is 0.767. The van der Waals surface area contributed by atoms with E-state index in [0.29, 0.717) is 6.42 Å². The van der Waals surface area contributed by atoms with Crippen LogP contribution in [0.15, 0.2) is 0 Å². The SMILES string of the molecule is CSC(=O)CCCS. The molecule has 0 rings (SSSR count). The van der Waals surface area contributed by atoms with Crippen LogP contribution in [-0.4, -0.2) is 17.1 Å². The smallest absolute Gasteiger partial charge is 0.188 e. The van der Waals surface area contributed by atoms with Crippen molar-refractivity contribution in [3.63, 3.8) is 0 Å². The molecule has 0 bridgehead atoms. The first-order chi connectivity index (χ1) is 3.81. The summed E-state index contributed by atoms with van der Waals surface area (Å²) in [5.41, 5.74) is 0. The van der Waals surface area contributed by atoms with Crippen LogP contribution >= 0.6 is 24.4 Å². The van der Waals surface area contributed by atoms with Crippen LogP contribution in [0.3, 0.4) is 0 Å². The monoisotopic (exact) mass is 150 g/mol. The fourth-order valence-corrected chi connectivity index (χ4v) is 0.832. The van der Waals surface area contributed by atoms with E-state index in [2.05, 4.69) is 12.6 Å². The first-order valence-corrected chi connectivity index (χ1v) is 4.34. The number of carbonyl (C=O) groups excluding carboxylic acids is 1. The summed E-state index contributed by atoms with van der Waals surface area (Å²) in [6, 6.07) is 0. The number of rotatable bonds is 3. The van der Waals surface area contributed by atoms with Gasteiger partial charge in [-0.3, -0.25) is 4.79 Å². The summed E-state index contributed by atoms with van der Waals surface area (Å²) in [6.45, 7) is 0. The van der Waals surface area contributed by atoms with Crippen LogP contribution in [0.1, 0.15) is 12.8 Å². The molecule has 0 atom stereocenters. The molecular weight excluding hydrogens is 140 g/mol. The number of thiol groups is 1. The fraction of sp³-hybridized carbons (Fsp3) is 0.800. The van der Waals surface area contributed by atoms with E-state index >= 15 is 0 Å². The Balaban J connectivity index is 2.99. The lowest BCUT2D eigenvalue weighted by molar-refractivity contribution is -0.110. The van der Waals surface area contributed by atoms with Gasteiger partial charge in [-0.15, -0.1) is 0 Å². The molecule has 3 heteroatoms. The third-order valence-corrected chi connectivity index (χ3v) is 1.74. The van der Waals surface area contributed by atoms with Gasteiger partial charge < -0.3 is 0 Å². The maximum absolute atomic E-state index is 10.5. The van der Waals surface area contributed by atoms with E-state index in [4.69, 9.17) is 0 Å². The van der Waals surface area contributed by atoms with Gasteiger partial charge in [-0.2, -0.15) is 12.6 Å². The standard InChI is InChI=1S/C5H10OS2/c1-8-5(6)3-2-4-7/h7H,2-4H2,1H3. The molecule has 0 fully saturated rings. The fourth-order valence-electron chi connectivity index (χ4n) is 0.325. The highest BCUT2D eigenvalue weighted by Gasteiger charge is 1.94. The van der Waals surface area contributed by atoms with Gasteiger partial charge in [0.2, 0.25) is 0 Å². The van der Waals surface area contributed by atoms with E-state index in [1.54, 1.807) is 6.26 Å². The van der Waals surface area contributed by atoms with Crippen molar-refractivity contribution in [3.8, 4) is 0 Å². The highest BCUT2D eigenvalue weighted by molar-refractivity contribution is 8.13. The first-order valence-electron chi connectivity index (χ1n) is 2.49. The minimum absolute atomic E-state index is 0.263. The van der Waals surface area contributed by atoms with Gasteiger partial charge in [0.25, 0.3) is 0 Å². The zero-order valence-electron chi connectivity index (χ0n) is 4.89. The Morgan fingerprint density at radius 2 is 2.38 bits per heavy atom. The maximum Gasteiger partial charge on any atom is 0.188 e. The molecule has 0 saturated heterocycles. The van der Waals surface area contributed by atoms with Gasteiger partial charge in [-0.1, -0.05) is 11.8 Å². The van der Waals surface area contributed by atoms with Crippen molar-refractivity contribution in [1.82, 2.24) is 0 Å². The van der Waals surface area contributed by atoms with Gasteiger partial charge in [-0.25, -0.2) is 0 Å². The Bertz CT molecular complexity index is 72.8. The van der Waals surface area contributed by atoms with E-state index in [1.807, 2.05) is 0 Å². The highest BCUT2D eigenvalue weighted by atomic mass is 32.2. The Morgan fingerprint density at radius 1 is 1.75 bits per heavy atom. The predicted octanol–water partition coefficient (Wildman–Crippen LogP) is 1.59. The molecule has 48 valence electrons. The van der Waals surface area contributed by atoms with Crippen molar-refractivity contribution in [2.45, 2.75) is 12.8 Å². The summed E-state index contributed by atoms with van der Waals surface area (Å²) in [6.07, 6.45) is 3.38. The minimum Gasteiger partial charge on any atom is -0.287 e. The summed E-state index contributed by atoms with van der Waals surface area (Å²) in [5, 5.41) is 0.263. The second-order valence-electron chi connectivity index (χ2n) is 1.40. The molecule has 0 saturated carbocycles. The van der Waals surface area contributed by atoms with Crippen molar-refractivity contribution >= 4 is 29.5 Å². The molecule has 0 spiro atoms. The van der Waals surface area contributed by atoms with Crippen LogP contribution in [0, 0.1) is 0 Å². The van der Waals surface area contributed by atoms with Gasteiger partial charge in [0, 0.05) is 6.42 Å². The summed E-state index contributed by atoms with van der Waals surface area (Å²) < 4.78 is 0. The molecule has 0 aromatic rings. The molecule has 0 unspecified atom stereocenters. The Labute approximate surface area is 59.6 Å². The number of thioether (sulfide) groups is 1. The second-order valence-corrected chi connectivity index (χ2v) is 2.71. The van der Waals surface area contributed by atoms with Gasteiger partial charge in [0.1, 0.15) is 0 Å². The Morgan fingerprint density at radius 3 is 2.75 bits per heavy atom. The molecule has 0 N–H and O–H groups in total. The lowest BCUT2D eigenvalue weighted by Crippen LogP contribution is -1.89. The molecule has 0 aliphatic carbocycles. The largest absolute Gasteiger partial charge is 0.287 e. The molecule has 0 amide bonds. The minimum atomic E-state index is 0.263. The second kappa shape index (κ2) is 5.51. The average molecular weight is 150 g/mol. The normalized spacial score (nSPS) is 9.25. The van der Waals surface area contributed by atoms with Crippen LogP contribution in [0.5, 0.6) is 0 Å². The van der Waals surface area contributed by atoms with Gasteiger partial charge in [0.05, 0.1) is 0 Å². The van der Waals surface area contributed by atoms with Gasteiger partial charge >= 0.3 is 0 Å².